The van der Waals surface area contributed by atoms with E-state index in [-0.39, 0.29) is 99.2 Å². The second-order valence-electron chi connectivity index (χ2n) is 25.0. The van der Waals surface area contributed by atoms with Crippen molar-refractivity contribution in [1.82, 2.24) is 20.4 Å². The summed E-state index contributed by atoms with van der Waals surface area (Å²) in [5, 5.41) is 10.4. The van der Waals surface area contributed by atoms with Crippen molar-refractivity contribution in [2.75, 3.05) is 26.2 Å². The predicted octanol–water partition coefficient (Wildman–Crippen LogP) is 12.8. The molecule has 2 N–H and O–H groups in total. The third kappa shape index (κ3) is 17.5. The highest BCUT2D eigenvalue weighted by Gasteiger charge is 2.34. The normalized spacial score (nSPS) is 19.0. The van der Waals surface area contributed by atoms with E-state index in [1.165, 1.54) is 0 Å². The molecule has 0 spiro atoms. The second kappa shape index (κ2) is 31.0. The van der Waals surface area contributed by atoms with Crippen LogP contribution in [0.15, 0.2) is 182 Å². The summed E-state index contributed by atoms with van der Waals surface area (Å²) in [5.41, 5.74) is 5.81. The number of hydrogen-bond acceptors (Lipinski definition) is 10. The summed E-state index contributed by atoms with van der Waals surface area (Å²) >= 11 is 0. The lowest BCUT2D eigenvalue weighted by molar-refractivity contribution is -0.138. The van der Waals surface area contributed by atoms with Crippen molar-refractivity contribution in [2.45, 2.75) is 128 Å². The molecular formula is C78H80N4O10. The van der Waals surface area contributed by atoms with E-state index in [4.69, 9.17) is 9.47 Å². The number of aryl methyl sites for hydroxylation is 4. The predicted molar refractivity (Wildman–Crippen MR) is 355 cm³/mol. The number of hydrogen-bond donors (Lipinski definition) is 2. The number of fused-ring (bicyclic) bond motifs is 22. The topological polar surface area (TPSA) is 186 Å². The molecule has 8 aromatic rings. The van der Waals surface area contributed by atoms with Gasteiger partial charge >= 0.3 is 0 Å². The standard InChI is InChI=1S/2C39H40N2O5/c2*42-32-17-13-27-7-5-11-34(23-27)46-33-18-14-28(15-19-33)24-36(40-39(45)31(25-32)26-38(44)41-21-3-4-22-41)37(43)20-16-30-10-6-9-29-8-1-2-12-35(29)30/h2*1-2,5-12,14-15,18-19,23,31,36H,3-4,13,16-17,20-22,24-26H2,(H,40,45). The van der Waals surface area contributed by atoms with Gasteiger partial charge in [0.1, 0.15) is 34.6 Å². The van der Waals surface area contributed by atoms with Gasteiger partial charge in [-0.25, -0.2) is 0 Å². The van der Waals surface area contributed by atoms with Gasteiger partial charge in [-0.1, -0.05) is 133 Å². The van der Waals surface area contributed by atoms with Gasteiger partial charge in [0.25, 0.3) is 0 Å². The number of amides is 4. The molecule has 4 amide bonds. The summed E-state index contributed by atoms with van der Waals surface area (Å²) < 4.78 is 12.2. The molecule has 14 rings (SSSR count). The zero-order chi connectivity index (χ0) is 63.8. The van der Waals surface area contributed by atoms with Crippen LogP contribution >= 0.6 is 0 Å². The number of carbonyl (C=O) groups excluding carboxylic acids is 8. The van der Waals surface area contributed by atoms with Crippen molar-refractivity contribution in [3.05, 3.63) is 215 Å². The second-order valence-corrected chi connectivity index (χ2v) is 25.0. The molecule has 6 heterocycles. The van der Waals surface area contributed by atoms with Crippen LogP contribution in [0, 0.1) is 11.8 Å². The quantitative estimate of drug-likeness (QED) is 0.119. The minimum Gasteiger partial charge on any atom is -0.457 e. The van der Waals surface area contributed by atoms with Crippen LogP contribution < -0.4 is 20.1 Å². The summed E-state index contributed by atoms with van der Waals surface area (Å²) in [4.78, 5) is 112. The van der Waals surface area contributed by atoms with Crippen molar-refractivity contribution in [3.63, 3.8) is 0 Å². The number of likely N-dealkylation sites (tertiary alicyclic amines) is 2. The Morgan fingerprint density at radius 2 is 0.772 bits per heavy atom. The third-order valence-corrected chi connectivity index (χ3v) is 18.3. The Labute approximate surface area is 538 Å². The minimum atomic E-state index is -0.846. The molecule has 0 aliphatic carbocycles. The maximum Gasteiger partial charge on any atom is 0.224 e. The van der Waals surface area contributed by atoms with Crippen LogP contribution in [0.3, 0.4) is 0 Å². The van der Waals surface area contributed by atoms with Crippen molar-refractivity contribution in [1.29, 1.82) is 0 Å². The fourth-order valence-corrected chi connectivity index (χ4v) is 13.1. The lowest BCUT2D eigenvalue weighted by Crippen LogP contribution is -2.46. The number of Topliss-reactive ketones (excluding diaryl/α,β-unsaturated/α-hetero) is 4. The molecule has 0 radical (unpaired) electrons. The molecule has 6 aliphatic heterocycles. The fraction of sp³-hybridized carbons (Fsp3) is 0.333. The Bertz CT molecular complexity index is 3690. The molecule has 0 saturated carbocycles. The van der Waals surface area contributed by atoms with Crippen LogP contribution in [-0.2, 0) is 76.9 Å². The first-order chi connectivity index (χ1) is 44.8. The molecular weight excluding hydrogens is 1150 g/mol. The number of nitrogens with zero attached hydrogens (tertiary/aromatic N) is 2. The van der Waals surface area contributed by atoms with Crippen molar-refractivity contribution in [3.8, 4) is 23.0 Å². The molecule has 8 aromatic carbocycles. The number of rotatable bonds is 12. The number of ketones is 4. The van der Waals surface area contributed by atoms with Gasteiger partial charge < -0.3 is 29.9 Å². The largest absolute Gasteiger partial charge is 0.457 e. The Kier molecular flexibility index (Phi) is 21.5. The number of carbonyl (C=O) groups is 8. The van der Waals surface area contributed by atoms with Crippen LogP contribution in [-0.4, -0.2) is 94.8 Å². The van der Waals surface area contributed by atoms with E-state index < -0.39 is 35.7 Å². The maximum absolute atomic E-state index is 13.9. The molecule has 6 aliphatic rings. The van der Waals surface area contributed by atoms with Crippen molar-refractivity contribution < 1.29 is 47.8 Å². The van der Waals surface area contributed by atoms with Gasteiger partial charge in [-0.05, 0) is 168 Å². The van der Waals surface area contributed by atoms with Crippen LogP contribution in [0.25, 0.3) is 21.5 Å². The first kappa shape index (κ1) is 64.0. The third-order valence-electron chi connectivity index (χ3n) is 18.3. The van der Waals surface area contributed by atoms with Crippen molar-refractivity contribution in [2.24, 2.45) is 11.8 Å². The van der Waals surface area contributed by atoms with Gasteiger partial charge in [0.2, 0.25) is 23.6 Å². The van der Waals surface area contributed by atoms with Gasteiger partial charge in [0.15, 0.2) is 11.6 Å². The molecule has 8 bridgehead atoms. The summed E-state index contributed by atoms with van der Waals surface area (Å²) in [6.07, 6.45) is 7.18. The van der Waals surface area contributed by atoms with Gasteiger partial charge in [-0.2, -0.15) is 0 Å². The van der Waals surface area contributed by atoms with E-state index >= 15 is 0 Å². The average molecular weight is 1230 g/mol. The molecule has 4 unspecified atom stereocenters. The lowest BCUT2D eigenvalue weighted by Gasteiger charge is -2.24. The Morgan fingerprint density at radius 3 is 1.18 bits per heavy atom. The molecule has 4 atom stereocenters. The molecule has 0 aromatic heterocycles. The van der Waals surface area contributed by atoms with Gasteiger partial charge in [0.05, 0.1) is 23.9 Å². The van der Waals surface area contributed by atoms with Gasteiger partial charge in [-0.3, -0.25) is 38.4 Å². The highest BCUT2D eigenvalue weighted by Crippen LogP contribution is 2.29. The molecule has 14 heteroatoms. The zero-order valence-corrected chi connectivity index (χ0v) is 52.2. The Hall–Kier alpha value is -9.56. The monoisotopic (exact) mass is 1230 g/mol. The Morgan fingerprint density at radius 1 is 0.391 bits per heavy atom. The molecule has 14 nitrogen and oxygen atoms in total. The van der Waals surface area contributed by atoms with E-state index in [9.17, 15) is 38.4 Å². The maximum atomic E-state index is 13.9. The van der Waals surface area contributed by atoms with Crippen LogP contribution in [0.1, 0.15) is 110 Å². The summed E-state index contributed by atoms with van der Waals surface area (Å²) in [7, 11) is 0. The Balaban J connectivity index is 0.000000188. The van der Waals surface area contributed by atoms with Crippen LogP contribution in [0.2, 0.25) is 0 Å². The van der Waals surface area contributed by atoms with Crippen molar-refractivity contribution >= 4 is 68.3 Å². The smallest absolute Gasteiger partial charge is 0.224 e. The highest BCUT2D eigenvalue weighted by molar-refractivity contribution is 5.96. The summed E-state index contributed by atoms with van der Waals surface area (Å²) in [6.45, 7) is 2.69. The molecule has 92 heavy (non-hydrogen) atoms. The average Bonchev–Trinajstić information content (AvgIpc) is 1.09. The van der Waals surface area contributed by atoms with E-state index in [0.717, 1.165) is 80.6 Å². The molecule has 472 valence electrons. The number of nitrogens with one attached hydrogen (secondary N) is 2. The van der Waals surface area contributed by atoms with Gasteiger partial charge in [0, 0.05) is 77.5 Å². The minimum absolute atomic E-state index is 0.0488. The van der Waals surface area contributed by atoms with E-state index in [1.54, 1.807) is 9.80 Å². The van der Waals surface area contributed by atoms with E-state index in [1.807, 2.05) is 146 Å². The zero-order valence-electron chi connectivity index (χ0n) is 52.2. The number of ether oxygens (including phenoxy) is 2. The summed E-state index contributed by atoms with van der Waals surface area (Å²) in [6, 6.07) is 57.2. The van der Waals surface area contributed by atoms with E-state index in [0.29, 0.717) is 74.9 Å². The number of benzene rings is 8. The molecule has 2 saturated heterocycles. The SMILES string of the molecule is O=C1CCc2cccc(c2)Oc2ccc(cc2)CC(C(=O)CCc2cccc3ccccc23)NC(=O)C(CC(=O)N2CCCC2)C1.O=C1CCc2cccc(c2)Oc2ccc(cc2)CC(C(=O)CCc2cccc3ccccc23)NC(=O)C(CC(=O)N2CCCC2)C1. The lowest BCUT2D eigenvalue weighted by atomic mass is 9.92. The van der Waals surface area contributed by atoms with Gasteiger partial charge in [-0.15, -0.1) is 0 Å². The highest BCUT2D eigenvalue weighted by atomic mass is 16.5. The van der Waals surface area contributed by atoms with Crippen LogP contribution in [0.4, 0.5) is 0 Å². The first-order valence-corrected chi connectivity index (χ1v) is 32.7. The first-order valence-electron chi connectivity index (χ1n) is 32.7. The summed E-state index contributed by atoms with van der Waals surface area (Å²) in [5.74, 6) is -0.455. The molecule has 2 fully saturated rings. The van der Waals surface area contributed by atoms with E-state index in [2.05, 4.69) is 47.0 Å². The fourth-order valence-electron chi connectivity index (χ4n) is 13.1. The van der Waals surface area contributed by atoms with Crippen LogP contribution in [0.5, 0.6) is 23.0 Å².